The van der Waals surface area contributed by atoms with Crippen LogP contribution in [0, 0.1) is 24.4 Å². The first-order chi connectivity index (χ1) is 10.8. The van der Waals surface area contributed by atoms with Crippen molar-refractivity contribution in [2.24, 2.45) is 0 Å². The molecule has 0 bridgehead atoms. The van der Waals surface area contributed by atoms with E-state index in [4.69, 9.17) is 35.4 Å². The average molecular weight is 369 g/mol. The van der Waals surface area contributed by atoms with Crippen molar-refractivity contribution in [2.45, 2.75) is 13.8 Å². The largest absolute Gasteiger partial charge is 0.331 e. The summed E-state index contributed by atoms with van der Waals surface area (Å²) in [6.45, 7) is 3.43. The SMILES string of the molecule is Cc1cc(-n2c(=S)[nH]c3cc(C)c(Cl)cc3c2=O)c(Cl)cc1F. The van der Waals surface area contributed by atoms with Crippen LogP contribution < -0.4 is 5.56 Å². The summed E-state index contributed by atoms with van der Waals surface area (Å²) in [6.07, 6.45) is 0. The van der Waals surface area contributed by atoms with E-state index in [9.17, 15) is 9.18 Å². The predicted molar refractivity (Wildman–Crippen MR) is 94.2 cm³/mol. The number of aryl methyl sites for hydroxylation is 2. The summed E-state index contributed by atoms with van der Waals surface area (Å²) in [5.74, 6) is -0.443. The molecule has 0 atom stereocenters. The van der Waals surface area contributed by atoms with Crippen molar-refractivity contribution < 1.29 is 4.39 Å². The Morgan fingerprint density at radius 1 is 1.09 bits per heavy atom. The van der Waals surface area contributed by atoms with Crippen molar-refractivity contribution in [1.29, 1.82) is 0 Å². The zero-order valence-corrected chi connectivity index (χ0v) is 14.5. The lowest BCUT2D eigenvalue weighted by Gasteiger charge is -2.12. The molecule has 1 aromatic heterocycles. The molecule has 0 aliphatic carbocycles. The van der Waals surface area contributed by atoms with Crippen LogP contribution in [0.2, 0.25) is 10.0 Å². The zero-order chi connectivity index (χ0) is 16.9. The van der Waals surface area contributed by atoms with Crippen LogP contribution in [0.5, 0.6) is 0 Å². The van der Waals surface area contributed by atoms with Crippen molar-refractivity contribution in [3.8, 4) is 5.69 Å². The van der Waals surface area contributed by atoms with Crippen molar-refractivity contribution in [1.82, 2.24) is 9.55 Å². The molecule has 0 amide bonds. The number of aromatic nitrogens is 2. The predicted octanol–water partition coefficient (Wildman–Crippen LogP) is 5.11. The Morgan fingerprint density at radius 2 is 1.78 bits per heavy atom. The minimum Gasteiger partial charge on any atom is -0.331 e. The molecular weight excluding hydrogens is 358 g/mol. The second kappa shape index (κ2) is 5.74. The highest BCUT2D eigenvalue weighted by Crippen LogP contribution is 2.25. The first kappa shape index (κ1) is 16.2. The fourth-order valence-corrected chi connectivity index (χ4v) is 3.07. The molecule has 0 unspecified atom stereocenters. The van der Waals surface area contributed by atoms with Gasteiger partial charge in [-0.3, -0.25) is 9.36 Å². The van der Waals surface area contributed by atoms with E-state index in [0.717, 1.165) is 5.56 Å². The van der Waals surface area contributed by atoms with Crippen LogP contribution in [0.15, 0.2) is 29.1 Å². The van der Waals surface area contributed by atoms with Crippen LogP contribution >= 0.6 is 35.4 Å². The van der Waals surface area contributed by atoms with Crippen LogP contribution in [-0.2, 0) is 0 Å². The molecule has 118 valence electrons. The molecule has 0 fully saturated rings. The Balaban J connectivity index is 2.44. The van der Waals surface area contributed by atoms with E-state index in [1.54, 1.807) is 19.1 Å². The maximum Gasteiger partial charge on any atom is 0.266 e. The summed E-state index contributed by atoms with van der Waals surface area (Å²) >= 11 is 17.5. The van der Waals surface area contributed by atoms with Crippen molar-refractivity contribution in [2.75, 3.05) is 0 Å². The maximum atomic E-state index is 13.6. The van der Waals surface area contributed by atoms with E-state index in [-0.39, 0.29) is 15.4 Å². The van der Waals surface area contributed by atoms with Gasteiger partial charge in [0, 0.05) is 5.02 Å². The topological polar surface area (TPSA) is 37.8 Å². The molecule has 0 aliphatic rings. The molecule has 0 saturated carbocycles. The third-order valence-corrected chi connectivity index (χ3v) is 4.64. The molecule has 3 nitrogen and oxygen atoms in total. The highest BCUT2D eigenvalue weighted by Gasteiger charge is 2.14. The summed E-state index contributed by atoms with van der Waals surface area (Å²) in [5, 5.41) is 0.965. The summed E-state index contributed by atoms with van der Waals surface area (Å²) in [6, 6.07) is 6.00. The van der Waals surface area contributed by atoms with Gasteiger partial charge in [0.2, 0.25) is 0 Å². The normalized spacial score (nSPS) is 11.2. The fourth-order valence-electron chi connectivity index (χ4n) is 2.38. The third kappa shape index (κ3) is 2.69. The lowest BCUT2D eigenvalue weighted by atomic mass is 10.1. The highest BCUT2D eigenvalue weighted by atomic mass is 35.5. The quantitative estimate of drug-likeness (QED) is 0.606. The van der Waals surface area contributed by atoms with E-state index in [1.165, 1.54) is 16.7 Å². The third-order valence-electron chi connectivity index (χ3n) is 3.65. The lowest BCUT2D eigenvalue weighted by molar-refractivity contribution is 0.618. The van der Waals surface area contributed by atoms with Gasteiger partial charge in [-0.2, -0.15) is 0 Å². The van der Waals surface area contributed by atoms with Gasteiger partial charge >= 0.3 is 0 Å². The molecule has 3 rings (SSSR count). The summed E-state index contributed by atoms with van der Waals surface area (Å²) < 4.78 is 15.0. The van der Waals surface area contributed by atoms with Crippen molar-refractivity contribution in [3.05, 3.63) is 66.4 Å². The Labute approximate surface area is 146 Å². The Bertz CT molecular complexity index is 1070. The summed E-state index contributed by atoms with van der Waals surface area (Å²) in [7, 11) is 0. The first-order valence-corrected chi connectivity index (χ1v) is 7.87. The molecule has 23 heavy (non-hydrogen) atoms. The molecule has 2 aromatic carbocycles. The minimum absolute atomic E-state index is 0.104. The number of nitrogens with one attached hydrogen (secondary N) is 1. The summed E-state index contributed by atoms with van der Waals surface area (Å²) in [5.41, 5.74) is 1.76. The zero-order valence-electron chi connectivity index (χ0n) is 12.2. The molecule has 0 radical (unpaired) electrons. The molecule has 0 spiro atoms. The van der Waals surface area contributed by atoms with E-state index in [0.29, 0.717) is 27.2 Å². The molecule has 3 aromatic rings. The number of benzene rings is 2. The Kier molecular flexibility index (Phi) is 4.04. The van der Waals surface area contributed by atoms with Gasteiger partial charge in [0.05, 0.1) is 21.6 Å². The number of aromatic amines is 1. The average Bonchev–Trinajstić information content (AvgIpc) is 2.47. The molecule has 0 saturated heterocycles. The Morgan fingerprint density at radius 3 is 2.48 bits per heavy atom. The van der Waals surface area contributed by atoms with E-state index < -0.39 is 5.82 Å². The van der Waals surface area contributed by atoms with E-state index in [1.807, 2.05) is 6.92 Å². The van der Waals surface area contributed by atoms with Crippen LogP contribution in [0.3, 0.4) is 0 Å². The maximum absolute atomic E-state index is 13.6. The van der Waals surface area contributed by atoms with Crippen molar-refractivity contribution in [3.63, 3.8) is 0 Å². The number of fused-ring (bicyclic) bond motifs is 1. The standard InChI is InChI=1S/C16H11Cl2FN2OS/c1-7-3-13-9(5-10(7)17)15(22)21(16(23)20-13)14-4-8(2)12(19)6-11(14)18/h3-6H,1-2H3,(H,20,23). The second-order valence-corrected chi connectivity index (χ2v) is 6.47. The monoisotopic (exact) mass is 368 g/mol. The summed E-state index contributed by atoms with van der Waals surface area (Å²) in [4.78, 5) is 15.8. The van der Waals surface area contributed by atoms with Crippen molar-refractivity contribution >= 4 is 46.3 Å². The number of hydrogen-bond acceptors (Lipinski definition) is 2. The molecule has 7 heteroatoms. The number of hydrogen-bond donors (Lipinski definition) is 1. The highest BCUT2D eigenvalue weighted by molar-refractivity contribution is 7.71. The van der Waals surface area contributed by atoms with Gasteiger partial charge in [0.25, 0.3) is 5.56 Å². The molecular formula is C16H11Cl2FN2OS. The van der Waals surface area contributed by atoms with Gasteiger partial charge < -0.3 is 4.98 Å². The molecule has 1 N–H and O–H groups in total. The minimum atomic E-state index is -0.443. The molecule has 1 heterocycles. The number of halogens is 3. The number of rotatable bonds is 1. The number of H-pyrrole nitrogens is 1. The first-order valence-electron chi connectivity index (χ1n) is 6.71. The Hall–Kier alpha value is -1.69. The number of nitrogens with zero attached hydrogens (tertiary/aromatic N) is 1. The van der Waals surface area contributed by atoms with E-state index >= 15 is 0 Å². The van der Waals surface area contributed by atoms with Gasteiger partial charge in [0.15, 0.2) is 4.77 Å². The molecule has 0 aliphatic heterocycles. The van der Waals surface area contributed by atoms with Crippen LogP contribution in [0.1, 0.15) is 11.1 Å². The van der Waals surface area contributed by atoms with Crippen LogP contribution in [0.25, 0.3) is 16.6 Å². The van der Waals surface area contributed by atoms with Gasteiger partial charge in [0.1, 0.15) is 5.82 Å². The lowest BCUT2D eigenvalue weighted by Crippen LogP contribution is -2.21. The van der Waals surface area contributed by atoms with Gasteiger partial charge in [-0.25, -0.2) is 4.39 Å². The van der Waals surface area contributed by atoms with Crippen LogP contribution in [0.4, 0.5) is 4.39 Å². The second-order valence-electron chi connectivity index (χ2n) is 5.27. The van der Waals surface area contributed by atoms with E-state index in [2.05, 4.69) is 4.98 Å². The van der Waals surface area contributed by atoms with Gasteiger partial charge in [-0.05, 0) is 61.5 Å². The van der Waals surface area contributed by atoms with Gasteiger partial charge in [-0.15, -0.1) is 0 Å². The van der Waals surface area contributed by atoms with Crippen LogP contribution in [-0.4, -0.2) is 9.55 Å². The smallest absolute Gasteiger partial charge is 0.266 e. The van der Waals surface area contributed by atoms with Gasteiger partial charge in [-0.1, -0.05) is 23.2 Å². The fraction of sp³-hybridized carbons (Fsp3) is 0.125.